The van der Waals surface area contributed by atoms with Crippen molar-refractivity contribution in [3.05, 3.63) is 49.9 Å². The van der Waals surface area contributed by atoms with Gasteiger partial charge in [-0.05, 0) is 30.7 Å². The highest BCUT2D eigenvalue weighted by molar-refractivity contribution is 6.33. The second-order valence-corrected chi connectivity index (χ2v) is 6.38. The predicted molar refractivity (Wildman–Crippen MR) is 99.2 cm³/mol. The first-order valence-electron chi connectivity index (χ1n) is 7.66. The molecule has 0 saturated heterocycles. The molecule has 0 atom stereocenters. The van der Waals surface area contributed by atoms with Gasteiger partial charge in [-0.1, -0.05) is 23.2 Å². The molecule has 2 rings (SSSR count). The molecule has 0 amide bonds. The Bertz CT molecular complexity index is 865. The van der Waals surface area contributed by atoms with E-state index in [0.29, 0.717) is 22.5 Å². The molecule has 0 aliphatic carbocycles. The number of nitrogens with zero attached hydrogens (tertiary/aromatic N) is 3. The van der Waals surface area contributed by atoms with Crippen molar-refractivity contribution in [1.29, 1.82) is 0 Å². The third kappa shape index (κ3) is 4.14. The normalized spacial score (nSPS) is 10.6. The van der Waals surface area contributed by atoms with E-state index in [4.69, 9.17) is 27.9 Å². The summed E-state index contributed by atoms with van der Waals surface area (Å²) in [6.45, 7) is 3.72. The van der Waals surface area contributed by atoms with E-state index in [1.54, 1.807) is 44.1 Å². The Balaban J connectivity index is 2.49. The summed E-state index contributed by atoms with van der Waals surface area (Å²) in [6.07, 6.45) is 0. The number of hydrogen-bond acceptors (Lipinski definition) is 5. The van der Waals surface area contributed by atoms with Gasteiger partial charge in [0.2, 0.25) is 11.7 Å². The Morgan fingerprint density at radius 2 is 2.04 bits per heavy atom. The van der Waals surface area contributed by atoms with Crippen LogP contribution in [-0.2, 0) is 13.6 Å². The Morgan fingerprint density at radius 1 is 1.36 bits per heavy atom. The number of halogens is 2. The zero-order chi connectivity index (χ0) is 18.7. The van der Waals surface area contributed by atoms with E-state index in [0.717, 1.165) is 5.56 Å². The van der Waals surface area contributed by atoms with E-state index >= 15 is 0 Å². The van der Waals surface area contributed by atoms with Gasteiger partial charge < -0.3 is 9.64 Å². The molecular weight excluding hydrogens is 365 g/mol. The Morgan fingerprint density at radius 3 is 2.64 bits per heavy atom. The van der Waals surface area contributed by atoms with E-state index in [9.17, 15) is 9.59 Å². The fourth-order valence-electron chi connectivity index (χ4n) is 2.42. The first kappa shape index (κ1) is 19.3. The second kappa shape index (κ2) is 7.89. The number of ether oxygens (including phenoxy) is 1. The topological polar surface area (TPSA) is 64.4 Å². The number of hydrogen-bond donors (Lipinski definition) is 0. The van der Waals surface area contributed by atoms with Gasteiger partial charge in [0.15, 0.2) is 11.5 Å². The number of benzene rings is 1. The number of Topliss-reactive ketones (excluding diaryl/α,β-unsaturated/α-hetero) is 1. The predicted octanol–water partition coefficient (Wildman–Crippen LogP) is 3.32. The zero-order valence-electron chi connectivity index (χ0n) is 14.5. The summed E-state index contributed by atoms with van der Waals surface area (Å²) in [4.78, 5) is 30.5. The van der Waals surface area contributed by atoms with Gasteiger partial charge in [-0.15, -0.1) is 0 Å². The SMILES string of the molecule is CCOc1c(C(C)=O)nc(N(C)Cc2cc(Cl)ccc2Cl)n(C)c1=O. The summed E-state index contributed by atoms with van der Waals surface area (Å²) in [5.41, 5.74) is 0.384. The Kier molecular flexibility index (Phi) is 6.08. The molecule has 1 aromatic heterocycles. The van der Waals surface area contributed by atoms with E-state index in [1.165, 1.54) is 11.5 Å². The van der Waals surface area contributed by atoms with Gasteiger partial charge in [-0.3, -0.25) is 14.2 Å². The average Bonchev–Trinajstić information content (AvgIpc) is 2.55. The van der Waals surface area contributed by atoms with Crippen LogP contribution in [0.3, 0.4) is 0 Å². The van der Waals surface area contributed by atoms with Gasteiger partial charge in [-0.2, -0.15) is 0 Å². The highest BCUT2D eigenvalue weighted by Crippen LogP contribution is 2.24. The average molecular weight is 384 g/mol. The van der Waals surface area contributed by atoms with Crippen LogP contribution in [0, 0.1) is 0 Å². The number of aromatic nitrogens is 2. The molecule has 0 fully saturated rings. The number of carbonyl (C=O) groups excluding carboxylic acids is 1. The minimum Gasteiger partial charge on any atom is -0.486 e. The molecule has 2 aromatic rings. The van der Waals surface area contributed by atoms with Crippen LogP contribution in [-0.4, -0.2) is 29.0 Å². The van der Waals surface area contributed by atoms with Gasteiger partial charge in [0.1, 0.15) is 0 Å². The molecule has 25 heavy (non-hydrogen) atoms. The Hall–Kier alpha value is -2.05. The summed E-state index contributed by atoms with van der Waals surface area (Å²) in [6, 6.07) is 5.16. The minimum absolute atomic E-state index is 0.0176. The van der Waals surface area contributed by atoms with Crippen molar-refractivity contribution in [2.45, 2.75) is 20.4 Å². The molecule has 0 bridgehead atoms. The lowest BCUT2D eigenvalue weighted by molar-refractivity contribution is 0.100. The summed E-state index contributed by atoms with van der Waals surface area (Å²) < 4.78 is 6.67. The van der Waals surface area contributed by atoms with Crippen molar-refractivity contribution in [2.24, 2.45) is 7.05 Å². The lowest BCUT2D eigenvalue weighted by Crippen LogP contribution is -2.31. The lowest BCUT2D eigenvalue weighted by Gasteiger charge is -2.22. The number of anilines is 1. The van der Waals surface area contributed by atoms with Crippen molar-refractivity contribution < 1.29 is 9.53 Å². The summed E-state index contributed by atoms with van der Waals surface area (Å²) in [5, 5.41) is 1.12. The Labute approximate surface area is 155 Å². The fourth-order valence-corrected chi connectivity index (χ4v) is 2.79. The molecule has 1 heterocycles. The highest BCUT2D eigenvalue weighted by Gasteiger charge is 2.21. The lowest BCUT2D eigenvalue weighted by atomic mass is 10.2. The van der Waals surface area contributed by atoms with Crippen molar-refractivity contribution in [1.82, 2.24) is 9.55 Å². The fraction of sp³-hybridized carbons (Fsp3) is 0.353. The molecule has 0 unspecified atom stereocenters. The molecule has 1 aromatic carbocycles. The molecule has 6 nitrogen and oxygen atoms in total. The van der Waals surface area contributed by atoms with Crippen LogP contribution in [0.15, 0.2) is 23.0 Å². The van der Waals surface area contributed by atoms with Crippen LogP contribution in [0.25, 0.3) is 0 Å². The van der Waals surface area contributed by atoms with E-state index in [1.807, 2.05) is 0 Å². The molecule has 0 spiro atoms. The monoisotopic (exact) mass is 383 g/mol. The molecule has 134 valence electrons. The van der Waals surface area contributed by atoms with E-state index in [2.05, 4.69) is 4.98 Å². The van der Waals surface area contributed by atoms with Crippen LogP contribution in [0.4, 0.5) is 5.95 Å². The molecule has 0 radical (unpaired) electrons. The standard InChI is InChI=1S/C17H19Cl2N3O3/c1-5-25-15-14(10(2)23)20-17(22(4)16(15)24)21(3)9-11-8-12(18)6-7-13(11)19/h6-8H,5,9H2,1-4H3. The van der Waals surface area contributed by atoms with Crippen molar-refractivity contribution in [2.75, 3.05) is 18.6 Å². The molecule has 0 aliphatic rings. The van der Waals surface area contributed by atoms with Gasteiger partial charge in [0, 0.05) is 37.6 Å². The van der Waals surface area contributed by atoms with Crippen molar-refractivity contribution in [3.8, 4) is 5.75 Å². The third-order valence-corrected chi connectivity index (χ3v) is 4.21. The summed E-state index contributed by atoms with van der Waals surface area (Å²) in [5.74, 6) is -0.0401. The maximum absolute atomic E-state index is 12.6. The maximum Gasteiger partial charge on any atom is 0.297 e. The summed E-state index contributed by atoms with van der Waals surface area (Å²) in [7, 11) is 3.33. The minimum atomic E-state index is -0.416. The van der Waals surface area contributed by atoms with Crippen LogP contribution in [0.1, 0.15) is 29.9 Å². The molecule has 0 N–H and O–H groups in total. The van der Waals surface area contributed by atoms with E-state index < -0.39 is 5.56 Å². The summed E-state index contributed by atoms with van der Waals surface area (Å²) >= 11 is 12.2. The van der Waals surface area contributed by atoms with Crippen LogP contribution < -0.4 is 15.2 Å². The van der Waals surface area contributed by atoms with Gasteiger partial charge >= 0.3 is 0 Å². The van der Waals surface area contributed by atoms with E-state index in [-0.39, 0.29) is 23.8 Å². The largest absolute Gasteiger partial charge is 0.486 e. The van der Waals surface area contributed by atoms with Crippen LogP contribution >= 0.6 is 23.2 Å². The first-order chi connectivity index (χ1) is 11.8. The first-order valence-corrected chi connectivity index (χ1v) is 8.41. The maximum atomic E-state index is 12.6. The van der Waals surface area contributed by atoms with Gasteiger partial charge in [0.05, 0.1) is 6.61 Å². The number of ketones is 1. The number of carbonyl (C=O) groups is 1. The van der Waals surface area contributed by atoms with Crippen LogP contribution in [0.2, 0.25) is 10.0 Å². The van der Waals surface area contributed by atoms with Gasteiger partial charge in [-0.25, -0.2) is 4.98 Å². The molecular formula is C17H19Cl2N3O3. The molecule has 8 heteroatoms. The quantitative estimate of drug-likeness (QED) is 0.715. The number of rotatable bonds is 6. The molecule has 0 aliphatic heterocycles. The third-order valence-electron chi connectivity index (χ3n) is 3.60. The second-order valence-electron chi connectivity index (χ2n) is 5.53. The smallest absolute Gasteiger partial charge is 0.297 e. The zero-order valence-corrected chi connectivity index (χ0v) is 16.0. The highest BCUT2D eigenvalue weighted by atomic mass is 35.5. The van der Waals surface area contributed by atoms with Crippen molar-refractivity contribution in [3.63, 3.8) is 0 Å². The van der Waals surface area contributed by atoms with Gasteiger partial charge in [0.25, 0.3) is 5.56 Å². The van der Waals surface area contributed by atoms with Crippen molar-refractivity contribution >= 4 is 34.9 Å². The van der Waals surface area contributed by atoms with Crippen LogP contribution in [0.5, 0.6) is 5.75 Å². The molecule has 0 saturated carbocycles.